The van der Waals surface area contributed by atoms with Crippen molar-refractivity contribution in [3.63, 3.8) is 0 Å². The zero-order valence-electron chi connectivity index (χ0n) is 21.3. The average Bonchev–Trinajstić information content (AvgIpc) is 2.79. The summed E-state index contributed by atoms with van der Waals surface area (Å²) >= 11 is 0. The molecule has 0 radical (unpaired) electrons. The van der Waals surface area contributed by atoms with Crippen molar-refractivity contribution in [2.24, 2.45) is 0 Å². The lowest BCUT2D eigenvalue weighted by Gasteiger charge is -2.21. The predicted octanol–water partition coefficient (Wildman–Crippen LogP) is 6.12. The molecular weight excluding hydrogens is 418 g/mol. The third kappa shape index (κ3) is 25.1. The Balaban J connectivity index is 3.56. The highest BCUT2D eigenvalue weighted by Gasteiger charge is 2.05. The molecule has 0 unspecified atom stereocenters. The van der Waals surface area contributed by atoms with Gasteiger partial charge in [-0.2, -0.15) is 0 Å². The van der Waals surface area contributed by atoms with Crippen molar-refractivity contribution in [1.29, 1.82) is 0 Å². The largest absolute Gasteiger partial charge is 0.481 e. The summed E-state index contributed by atoms with van der Waals surface area (Å²) in [5.41, 5.74) is 0. The topological polar surface area (TPSA) is 87.1 Å². The number of aliphatic carboxylic acids is 1. The Morgan fingerprint density at radius 1 is 0.727 bits per heavy atom. The van der Waals surface area contributed by atoms with E-state index in [2.05, 4.69) is 17.9 Å². The Labute approximate surface area is 202 Å². The molecule has 0 rings (SSSR count). The zero-order valence-corrected chi connectivity index (χ0v) is 21.3. The van der Waals surface area contributed by atoms with Crippen LogP contribution in [0.2, 0.25) is 0 Å². The summed E-state index contributed by atoms with van der Waals surface area (Å²) in [5.74, 6) is -0.803. The summed E-state index contributed by atoms with van der Waals surface area (Å²) in [4.78, 5) is 24.6. The third-order valence-electron chi connectivity index (χ3n) is 5.87. The monoisotopic (exact) mass is 469 g/mol. The molecule has 0 aliphatic heterocycles. The zero-order chi connectivity index (χ0) is 24.4. The first-order valence-electron chi connectivity index (χ1n) is 13.5. The number of carbonyl (C=O) groups is 2. The van der Waals surface area contributed by atoms with Crippen LogP contribution >= 0.6 is 0 Å². The van der Waals surface area contributed by atoms with Crippen LogP contribution < -0.4 is 0 Å². The quantitative estimate of drug-likeness (QED) is 0.0952. The molecule has 33 heavy (non-hydrogen) atoms. The molecule has 0 aromatic rings. The van der Waals surface area contributed by atoms with Crippen LogP contribution in [0.4, 0.5) is 0 Å². The number of rotatable bonds is 25. The lowest BCUT2D eigenvalue weighted by atomic mass is 10.1. The number of carboxylic acid groups (broad SMARTS) is 1. The van der Waals surface area contributed by atoms with Crippen LogP contribution in [0.5, 0.6) is 0 Å². The Morgan fingerprint density at radius 2 is 1.30 bits per heavy atom. The number of esters is 1. The maximum absolute atomic E-state index is 11.8. The van der Waals surface area contributed by atoms with Gasteiger partial charge >= 0.3 is 11.9 Å². The predicted molar refractivity (Wildman–Crippen MR) is 135 cm³/mol. The summed E-state index contributed by atoms with van der Waals surface area (Å²) < 4.78 is 5.25. The highest BCUT2D eigenvalue weighted by atomic mass is 16.5. The first-order valence-corrected chi connectivity index (χ1v) is 13.5. The molecule has 0 saturated carbocycles. The normalized spacial score (nSPS) is 11.5. The van der Waals surface area contributed by atoms with Crippen LogP contribution in [0.25, 0.3) is 0 Å². The molecule has 0 atom stereocenters. The van der Waals surface area contributed by atoms with Gasteiger partial charge in [-0.25, -0.2) is 0 Å². The van der Waals surface area contributed by atoms with Crippen molar-refractivity contribution in [3.05, 3.63) is 12.2 Å². The highest BCUT2D eigenvalue weighted by molar-refractivity contribution is 5.69. The fraction of sp³-hybridized carbons (Fsp3) is 0.852. The van der Waals surface area contributed by atoms with Crippen molar-refractivity contribution >= 4 is 11.9 Å². The molecule has 0 fully saturated rings. The second kappa shape index (κ2) is 25.2. The van der Waals surface area contributed by atoms with Crippen LogP contribution in [0, 0.1) is 0 Å². The average molecular weight is 470 g/mol. The fourth-order valence-electron chi connectivity index (χ4n) is 3.84. The van der Waals surface area contributed by atoms with Crippen LogP contribution in [-0.4, -0.2) is 59.9 Å². The Kier molecular flexibility index (Phi) is 24.2. The van der Waals surface area contributed by atoms with Crippen molar-refractivity contribution < 1.29 is 24.5 Å². The molecule has 0 aromatic carbocycles. The van der Waals surface area contributed by atoms with E-state index in [9.17, 15) is 14.7 Å². The van der Waals surface area contributed by atoms with Gasteiger partial charge in [-0.3, -0.25) is 9.59 Å². The Hall–Kier alpha value is -1.40. The minimum atomic E-state index is -0.708. The van der Waals surface area contributed by atoms with Gasteiger partial charge in [-0.1, -0.05) is 76.9 Å². The van der Waals surface area contributed by atoms with Gasteiger partial charge in [0.05, 0.1) is 6.61 Å². The Bertz CT molecular complexity index is 481. The number of aliphatic hydroxyl groups excluding tert-OH is 1. The highest BCUT2D eigenvalue weighted by Crippen LogP contribution is 2.10. The molecule has 6 heteroatoms. The maximum Gasteiger partial charge on any atom is 0.306 e. The molecule has 0 aliphatic rings. The molecular formula is C27H51NO5. The van der Waals surface area contributed by atoms with Gasteiger partial charge in [-0.05, 0) is 51.6 Å². The molecule has 0 bridgehead atoms. The fourth-order valence-corrected chi connectivity index (χ4v) is 3.84. The SMILES string of the molecule is CCCCCC/C=C\COC(=O)CCCCCCCN(CCO)CCCCCCCC(=O)O. The maximum atomic E-state index is 11.8. The van der Waals surface area contributed by atoms with E-state index in [-0.39, 0.29) is 19.0 Å². The molecule has 0 aliphatic carbocycles. The number of hydrogen-bond acceptors (Lipinski definition) is 5. The molecule has 0 spiro atoms. The third-order valence-corrected chi connectivity index (χ3v) is 5.87. The van der Waals surface area contributed by atoms with Crippen LogP contribution in [0.1, 0.15) is 116 Å². The minimum Gasteiger partial charge on any atom is -0.481 e. The van der Waals surface area contributed by atoms with E-state index in [4.69, 9.17) is 9.84 Å². The van der Waals surface area contributed by atoms with E-state index < -0.39 is 5.97 Å². The number of carbonyl (C=O) groups excluding carboxylic acids is 1. The van der Waals surface area contributed by atoms with Crippen molar-refractivity contribution in [2.45, 2.75) is 116 Å². The lowest BCUT2D eigenvalue weighted by molar-refractivity contribution is -0.142. The van der Waals surface area contributed by atoms with Gasteiger partial charge < -0.3 is 19.8 Å². The number of unbranched alkanes of at least 4 members (excludes halogenated alkanes) is 12. The summed E-state index contributed by atoms with van der Waals surface area (Å²) in [6, 6.07) is 0. The van der Waals surface area contributed by atoms with E-state index in [0.717, 1.165) is 90.3 Å². The number of allylic oxidation sites excluding steroid dienone is 1. The van der Waals surface area contributed by atoms with Crippen molar-refractivity contribution in [3.8, 4) is 0 Å². The molecule has 0 aromatic heterocycles. The number of nitrogens with zero attached hydrogens (tertiary/aromatic N) is 1. The van der Waals surface area contributed by atoms with E-state index in [1.165, 1.54) is 25.7 Å². The summed E-state index contributed by atoms with van der Waals surface area (Å²) in [7, 11) is 0. The summed E-state index contributed by atoms with van der Waals surface area (Å²) in [6.07, 6.45) is 21.3. The van der Waals surface area contributed by atoms with Gasteiger partial charge in [0.2, 0.25) is 0 Å². The van der Waals surface area contributed by atoms with Crippen LogP contribution in [0.15, 0.2) is 12.2 Å². The minimum absolute atomic E-state index is 0.0947. The van der Waals surface area contributed by atoms with Gasteiger partial charge in [0.1, 0.15) is 6.61 Å². The first-order chi connectivity index (χ1) is 16.1. The molecule has 2 N–H and O–H groups in total. The molecule has 194 valence electrons. The lowest BCUT2D eigenvalue weighted by Crippen LogP contribution is -2.29. The van der Waals surface area contributed by atoms with Gasteiger partial charge in [-0.15, -0.1) is 0 Å². The second-order valence-corrected chi connectivity index (χ2v) is 9.00. The van der Waals surface area contributed by atoms with Crippen molar-refractivity contribution in [2.75, 3.05) is 32.8 Å². The number of hydrogen-bond donors (Lipinski definition) is 2. The van der Waals surface area contributed by atoms with E-state index in [1.807, 2.05) is 6.08 Å². The van der Waals surface area contributed by atoms with Crippen LogP contribution in [-0.2, 0) is 14.3 Å². The molecule has 0 amide bonds. The number of ether oxygens (including phenoxy) is 1. The molecule has 6 nitrogen and oxygen atoms in total. The van der Waals surface area contributed by atoms with Gasteiger partial charge in [0, 0.05) is 19.4 Å². The van der Waals surface area contributed by atoms with Gasteiger partial charge in [0.15, 0.2) is 0 Å². The molecule has 0 saturated heterocycles. The van der Waals surface area contributed by atoms with E-state index in [1.54, 1.807) is 0 Å². The summed E-state index contributed by atoms with van der Waals surface area (Å²) in [5, 5.41) is 17.9. The Morgan fingerprint density at radius 3 is 1.91 bits per heavy atom. The number of aliphatic hydroxyl groups is 1. The smallest absolute Gasteiger partial charge is 0.306 e. The van der Waals surface area contributed by atoms with Crippen molar-refractivity contribution in [1.82, 2.24) is 4.90 Å². The van der Waals surface area contributed by atoms with E-state index >= 15 is 0 Å². The van der Waals surface area contributed by atoms with Crippen LogP contribution in [0.3, 0.4) is 0 Å². The standard InChI is InChI=1S/C27H51NO5/c1-2-3-4-5-6-13-18-25-33-27(32)20-15-10-8-12-17-22-28(23-24-29)21-16-11-7-9-14-19-26(30)31/h13,18,29H,2-12,14-17,19-25H2,1H3,(H,30,31)/b18-13-. The summed E-state index contributed by atoms with van der Waals surface area (Å²) in [6.45, 7) is 5.52. The first kappa shape index (κ1) is 31.6. The van der Waals surface area contributed by atoms with E-state index in [0.29, 0.717) is 13.0 Å². The second-order valence-electron chi connectivity index (χ2n) is 9.00. The molecule has 0 heterocycles. The number of carboxylic acids is 1. The van der Waals surface area contributed by atoms with Gasteiger partial charge in [0.25, 0.3) is 0 Å².